The van der Waals surface area contributed by atoms with Crippen molar-refractivity contribution >= 4 is 23.2 Å². The predicted molar refractivity (Wildman–Crippen MR) is 88.8 cm³/mol. The van der Waals surface area contributed by atoms with Gasteiger partial charge in [-0.25, -0.2) is 0 Å². The second kappa shape index (κ2) is 8.26. The Kier molecular flexibility index (Phi) is 6.67. The van der Waals surface area contributed by atoms with Gasteiger partial charge in [-0.05, 0) is 62.3 Å². The van der Waals surface area contributed by atoms with Crippen LogP contribution in [0.2, 0.25) is 10.0 Å². The van der Waals surface area contributed by atoms with E-state index in [0.717, 1.165) is 40.9 Å². The van der Waals surface area contributed by atoms with Crippen molar-refractivity contribution in [1.82, 2.24) is 5.32 Å². The lowest BCUT2D eigenvalue weighted by Crippen LogP contribution is -2.36. The number of halogens is 2. The molecule has 1 N–H and O–H groups in total. The Morgan fingerprint density at radius 3 is 2.45 bits per heavy atom. The predicted octanol–water partition coefficient (Wildman–Crippen LogP) is 5.48. The van der Waals surface area contributed by atoms with Crippen LogP contribution in [0.5, 0.6) is 0 Å². The van der Waals surface area contributed by atoms with Crippen molar-refractivity contribution in [2.75, 3.05) is 6.54 Å². The largest absolute Gasteiger partial charge is 0.314 e. The van der Waals surface area contributed by atoms with E-state index in [1.165, 1.54) is 32.1 Å². The van der Waals surface area contributed by atoms with Gasteiger partial charge in [0.25, 0.3) is 0 Å². The summed E-state index contributed by atoms with van der Waals surface area (Å²) in [4.78, 5) is 0. The Morgan fingerprint density at radius 2 is 1.85 bits per heavy atom. The molecule has 0 radical (unpaired) electrons. The maximum absolute atomic E-state index is 6.27. The molecule has 20 heavy (non-hydrogen) atoms. The molecule has 112 valence electrons. The third-order valence-corrected chi connectivity index (χ3v) is 5.10. The van der Waals surface area contributed by atoms with Crippen LogP contribution in [0.3, 0.4) is 0 Å². The van der Waals surface area contributed by atoms with Crippen molar-refractivity contribution in [1.29, 1.82) is 0 Å². The smallest absolute Gasteiger partial charge is 0.0452 e. The van der Waals surface area contributed by atoms with Gasteiger partial charge in [0.05, 0.1) is 0 Å². The Bertz CT molecular complexity index is 393. The normalized spacial score (nSPS) is 17.6. The first-order chi connectivity index (χ1) is 9.72. The van der Waals surface area contributed by atoms with Crippen LogP contribution in [0.4, 0.5) is 0 Å². The fourth-order valence-corrected chi connectivity index (χ4v) is 3.85. The molecule has 3 heteroatoms. The molecule has 1 aromatic carbocycles. The monoisotopic (exact) mass is 313 g/mol. The fraction of sp³-hybridized carbons (Fsp3) is 0.647. The highest BCUT2D eigenvalue weighted by molar-refractivity contribution is 6.35. The zero-order valence-corrected chi connectivity index (χ0v) is 13.8. The highest BCUT2D eigenvalue weighted by Gasteiger charge is 2.24. The van der Waals surface area contributed by atoms with E-state index in [2.05, 4.69) is 12.2 Å². The summed E-state index contributed by atoms with van der Waals surface area (Å²) >= 11 is 12.5. The molecule has 1 fully saturated rings. The van der Waals surface area contributed by atoms with Gasteiger partial charge in [0.15, 0.2) is 0 Å². The molecule has 1 unspecified atom stereocenters. The summed E-state index contributed by atoms with van der Waals surface area (Å²) in [6.45, 7) is 3.33. The van der Waals surface area contributed by atoms with Crippen molar-refractivity contribution in [3.8, 4) is 0 Å². The van der Waals surface area contributed by atoms with Gasteiger partial charge in [0, 0.05) is 16.1 Å². The average Bonchev–Trinajstić information content (AvgIpc) is 2.95. The molecule has 0 aromatic heterocycles. The summed E-state index contributed by atoms with van der Waals surface area (Å²) in [6.07, 6.45) is 8.82. The SMILES string of the molecule is CCCNC(CCc1c(Cl)cccc1Cl)C1CCCC1. The van der Waals surface area contributed by atoms with E-state index in [-0.39, 0.29) is 0 Å². The van der Waals surface area contributed by atoms with E-state index in [1.807, 2.05) is 18.2 Å². The van der Waals surface area contributed by atoms with Crippen molar-refractivity contribution in [2.24, 2.45) is 5.92 Å². The average molecular weight is 314 g/mol. The Morgan fingerprint density at radius 1 is 1.20 bits per heavy atom. The van der Waals surface area contributed by atoms with Crippen molar-refractivity contribution in [3.63, 3.8) is 0 Å². The number of hydrogen-bond donors (Lipinski definition) is 1. The minimum Gasteiger partial charge on any atom is -0.314 e. The molecule has 1 aromatic rings. The maximum atomic E-state index is 6.27. The summed E-state index contributed by atoms with van der Waals surface area (Å²) in [7, 11) is 0. The van der Waals surface area contributed by atoms with E-state index >= 15 is 0 Å². The second-order valence-corrected chi connectivity index (χ2v) is 6.66. The first-order valence-corrected chi connectivity index (χ1v) is 8.64. The number of benzene rings is 1. The lowest BCUT2D eigenvalue weighted by atomic mass is 9.92. The van der Waals surface area contributed by atoms with Gasteiger partial charge < -0.3 is 5.32 Å². The van der Waals surface area contributed by atoms with Crippen LogP contribution in [-0.4, -0.2) is 12.6 Å². The summed E-state index contributed by atoms with van der Waals surface area (Å²) in [5, 5.41) is 5.34. The van der Waals surface area contributed by atoms with Crippen LogP contribution >= 0.6 is 23.2 Å². The van der Waals surface area contributed by atoms with Crippen molar-refractivity contribution < 1.29 is 0 Å². The molecule has 2 rings (SSSR count). The van der Waals surface area contributed by atoms with Gasteiger partial charge in [-0.3, -0.25) is 0 Å². The van der Waals surface area contributed by atoms with Crippen LogP contribution in [-0.2, 0) is 6.42 Å². The van der Waals surface area contributed by atoms with E-state index in [0.29, 0.717) is 6.04 Å². The van der Waals surface area contributed by atoms with Gasteiger partial charge >= 0.3 is 0 Å². The molecule has 0 amide bonds. The third kappa shape index (κ3) is 4.38. The Hall–Kier alpha value is -0.240. The maximum Gasteiger partial charge on any atom is 0.0452 e. The molecule has 0 heterocycles. The van der Waals surface area contributed by atoms with E-state index < -0.39 is 0 Å². The lowest BCUT2D eigenvalue weighted by Gasteiger charge is -2.25. The molecular formula is C17H25Cl2N. The summed E-state index contributed by atoms with van der Waals surface area (Å²) < 4.78 is 0. The second-order valence-electron chi connectivity index (χ2n) is 5.84. The van der Waals surface area contributed by atoms with E-state index in [9.17, 15) is 0 Å². The molecular weight excluding hydrogens is 289 g/mol. The molecule has 1 nitrogen and oxygen atoms in total. The first-order valence-electron chi connectivity index (χ1n) is 7.88. The molecule has 0 bridgehead atoms. The quantitative estimate of drug-likeness (QED) is 0.702. The van der Waals surface area contributed by atoms with Crippen molar-refractivity contribution in [2.45, 2.75) is 57.9 Å². The first kappa shape index (κ1) is 16.1. The number of rotatable bonds is 7. The van der Waals surface area contributed by atoms with Crippen LogP contribution in [0, 0.1) is 5.92 Å². The molecule has 1 aliphatic rings. The van der Waals surface area contributed by atoms with Crippen LogP contribution in [0.15, 0.2) is 18.2 Å². The van der Waals surface area contributed by atoms with Gasteiger partial charge in [-0.15, -0.1) is 0 Å². The van der Waals surface area contributed by atoms with Gasteiger partial charge in [-0.1, -0.05) is 49.0 Å². The minimum atomic E-state index is 0.616. The minimum absolute atomic E-state index is 0.616. The zero-order valence-electron chi connectivity index (χ0n) is 12.3. The molecule has 1 aliphatic carbocycles. The van der Waals surface area contributed by atoms with Crippen LogP contribution in [0.1, 0.15) is 51.0 Å². The van der Waals surface area contributed by atoms with Crippen LogP contribution in [0.25, 0.3) is 0 Å². The molecule has 0 saturated heterocycles. The Balaban J connectivity index is 1.96. The van der Waals surface area contributed by atoms with Crippen LogP contribution < -0.4 is 5.32 Å². The standard InChI is InChI=1S/C17H25Cl2N/c1-2-12-20-17(13-6-3-4-7-13)11-10-14-15(18)8-5-9-16(14)19/h5,8-9,13,17,20H,2-4,6-7,10-12H2,1H3. The highest BCUT2D eigenvalue weighted by Crippen LogP contribution is 2.31. The summed E-state index contributed by atoms with van der Waals surface area (Å²) in [5.74, 6) is 0.836. The summed E-state index contributed by atoms with van der Waals surface area (Å²) in [5.41, 5.74) is 1.11. The van der Waals surface area contributed by atoms with E-state index in [1.54, 1.807) is 0 Å². The third-order valence-electron chi connectivity index (χ3n) is 4.39. The highest BCUT2D eigenvalue weighted by atomic mass is 35.5. The zero-order chi connectivity index (χ0) is 14.4. The number of nitrogens with one attached hydrogen (secondary N) is 1. The lowest BCUT2D eigenvalue weighted by molar-refractivity contribution is 0.341. The Labute approximate surface area is 133 Å². The molecule has 0 aliphatic heterocycles. The molecule has 1 saturated carbocycles. The fourth-order valence-electron chi connectivity index (χ4n) is 3.26. The number of hydrogen-bond acceptors (Lipinski definition) is 1. The van der Waals surface area contributed by atoms with Gasteiger partial charge in [0.2, 0.25) is 0 Å². The molecule has 0 spiro atoms. The van der Waals surface area contributed by atoms with Gasteiger partial charge in [0.1, 0.15) is 0 Å². The van der Waals surface area contributed by atoms with Gasteiger partial charge in [-0.2, -0.15) is 0 Å². The van der Waals surface area contributed by atoms with Crippen molar-refractivity contribution in [3.05, 3.63) is 33.8 Å². The molecule has 1 atom stereocenters. The summed E-state index contributed by atoms with van der Waals surface area (Å²) in [6, 6.07) is 6.40. The topological polar surface area (TPSA) is 12.0 Å². The van der Waals surface area contributed by atoms with E-state index in [4.69, 9.17) is 23.2 Å².